The van der Waals surface area contributed by atoms with E-state index in [1.807, 2.05) is 11.8 Å². The van der Waals surface area contributed by atoms with Crippen LogP contribution in [0, 0.1) is 5.92 Å². The molecule has 3 heteroatoms. The van der Waals surface area contributed by atoms with Crippen LogP contribution < -0.4 is 0 Å². The van der Waals surface area contributed by atoms with Gasteiger partial charge in [-0.2, -0.15) is 0 Å². The van der Waals surface area contributed by atoms with E-state index in [-0.39, 0.29) is 6.61 Å². The number of likely N-dealkylation sites (tertiary alicyclic amines) is 1. The SMILES string of the molecule is CCSc1ccc(C(C(C)CO)N2CCCC2)cc1. The summed E-state index contributed by atoms with van der Waals surface area (Å²) >= 11 is 1.88. The minimum Gasteiger partial charge on any atom is -0.396 e. The third kappa shape index (κ3) is 3.74. The van der Waals surface area contributed by atoms with Crippen LogP contribution in [0.5, 0.6) is 0 Å². The summed E-state index contributed by atoms with van der Waals surface area (Å²) in [4.78, 5) is 3.87. The molecule has 0 aliphatic carbocycles. The van der Waals surface area contributed by atoms with E-state index in [1.165, 1.54) is 36.4 Å². The molecule has 1 aliphatic heterocycles. The Hall–Kier alpha value is -0.510. The van der Waals surface area contributed by atoms with Crippen LogP contribution in [0.4, 0.5) is 0 Å². The van der Waals surface area contributed by atoms with Gasteiger partial charge in [0.2, 0.25) is 0 Å². The van der Waals surface area contributed by atoms with E-state index in [4.69, 9.17) is 0 Å². The molecule has 106 valence electrons. The van der Waals surface area contributed by atoms with Crippen LogP contribution in [0.15, 0.2) is 29.2 Å². The van der Waals surface area contributed by atoms with E-state index in [1.54, 1.807) is 0 Å². The lowest BCUT2D eigenvalue weighted by atomic mass is 9.94. The number of thioether (sulfide) groups is 1. The molecule has 0 saturated carbocycles. The standard InChI is InChI=1S/C16H25NOS/c1-3-19-15-8-6-14(7-9-15)16(13(2)12-18)17-10-4-5-11-17/h6-9,13,16,18H,3-5,10-12H2,1-2H3. The Morgan fingerprint density at radius 3 is 2.37 bits per heavy atom. The number of rotatable bonds is 6. The second-order valence-electron chi connectivity index (χ2n) is 5.35. The molecule has 1 heterocycles. The number of hydrogen-bond acceptors (Lipinski definition) is 3. The van der Waals surface area contributed by atoms with Gasteiger partial charge in [0.1, 0.15) is 0 Å². The van der Waals surface area contributed by atoms with Crippen molar-refractivity contribution in [3.8, 4) is 0 Å². The van der Waals surface area contributed by atoms with Crippen molar-refractivity contribution in [2.24, 2.45) is 5.92 Å². The minimum atomic E-state index is 0.257. The summed E-state index contributed by atoms with van der Waals surface area (Å²) < 4.78 is 0. The zero-order chi connectivity index (χ0) is 13.7. The Morgan fingerprint density at radius 1 is 1.21 bits per heavy atom. The zero-order valence-corrected chi connectivity index (χ0v) is 12.8. The van der Waals surface area contributed by atoms with Crippen LogP contribution in [-0.2, 0) is 0 Å². The van der Waals surface area contributed by atoms with Crippen molar-refractivity contribution in [1.29, 1.82) is 0 Å². The van der Waals surface area contributed by atoms with Crippen LogP contribution >= 0.6 is 11.8 Å². The van der Waals surface area contributed by atoms with E-state index in [9.17, 15) is 5.11 Å². The van der Waals surface area contributed by atoms with Crippen LogP contribution in [0.1, 0.15) is 38.3 Å². The Kier molecular flexibility index (Phi) is 5.74. The summed E-state index contributed by atoms with van der Waals surface area (Å²) in [6.45, 7) is 6.92. The van der Waals surface area contributed by atoms with Crippen LogP contribution in [0.2, 0.25) is 0 Å². The third-order valence-electron chi connectivity index (χ3n) is 3.89. The Bertz CT molecular complexity index is 373. The van der Waals surface area contributed by atoms with Gasteiger partial charge in [-0.3, -0.25) is 4.90 Å². The first-order valence-corrected chi connectivity index (χ1v) is 8.32. The predicted molar refractivity (Wildman–Crippen MR) is 82.6 cm³/mol. The Labute approximate surface area is 121 Å². The van der Waals surface area contributed by atoms with Gasteiger partial charge in [0.15, 0.2) is 0 Å². The molecule has 1 aromatic carbocycles. The van der Waals surface area contributed by atoms with Gasteiger partial charge in [-0.25, -0.2) is 0 Å². The Balaban J connectivity index is 2.16. The second-order valence-corrected chi connectivity index (χ2v) is 6.69. The van der Waals surface area contributed by atoms with Gasteiger partial charge in [0.05, 0.1) is 0 Å². The monoisotopic (exact) mass is 279 g/mol. The number of nitrogens with zero attached hydrogens (tertiary/aromatic N) is 1. The lowest BCUT2D eigenvalue weighted by molar-refractivity contribution is 0.126. The Morgan fingerprint density at radius 2 is 1.84 bits per heavy atom. The molecule has 0 amide bonds. The highest BCUT2D eigenvalue weighted by molar-refractivity contribution is 7.99. The molecule has 1 fully saturated rings. The normalized spacial score (nSPS) is 19.5. The highest BCUT2D eigenvalue weighted by Crippen LogP contribution is 2.32. The number of aliphatic hydroxyl groups excluding tert-OH is 1. The van der Waals surface area contributed by atoms with Gasteiger partial charge in [-0.1, -0.05) is 26.0 Å². The molecular formula is C16H25NOS. The quantitative estimate of drug-likeness (QED) is 0.805. The highest BCUT2D eigenvalue weighted by Gasteiger charge is 2.27. The average Bonchev–Trinajstić information content (AvgIpc) is 2.95. The van der Waals surface area contributed by atoms with Crippen molar-refractivity contribution in [2.75, 3.05) is 25.4 Å². The molecule has 2 atom stereocenters. The fraction of sp³-hybridized carbons (Fsp3) is 0.625. The van der Waals surface area contributed by atoms with Gasteiger partial charge in [0.25, 0.3) is 0 Å². The molecule has 19 heavy (non-hydrogen) atoms. The lowest BCUT2D eigenvalue weighted by Gasteiger charge is -2.32. The summed E-state index contributed by atoms with van der Waals surface area (Å²) in [6.07, 6.45) is 2.58. The summed E-state index contributed by atoms with van der Waals surface area (Å²) in [5.41, 5.74) is 1.35. The maximum absolute atomic E-state index is 9.53. The maximum atomic E-state index is 9.53. The van der Waals surface area contributed by atoms with Gasteiger partial charge in [-0.05, 0) is 55.3 Å². The molecule has 1 aromatic rings. The molecule has 2 rings (SSSR count). The molecule has 0 aromatic heterocycles. The van der Waals surface area contributed by atoms with Gasteiger partial charge in [-0.15, -0.1) is 11.8 Å². The lowest BCUT2D eigenvalue weighted by Crippen LogP contribution is -2.31. The second kappa shape index (κ2) is 7.32. The fourth-order valence-corrected chi connectivity index (χ4v) is 3.61. The molecule has 1 aliphatic rings. The van der Waals surface area contributed by atoms with Gasteiger partial charge < -0.3 is 5.11 Å². The summed E-state index contributed by atoms with van der Waals surface area (Å²) in [5.74, 6) is 1.41. The van der Waals surface area contributed by atoms with Crippen molar-refractivity contribution < 1.29 is 5.11 Å². The van der Waals surface area contributed by atoms with Crippen molar-refractivity contribution >= 4 is 11.8 Å². The first kappa shape index (κ1) is 14.9. The predicted octanol–water partition coefficient (Wildman–Crippen LogP) is 3.56. The molecule has 0 spiro atoms. The first-order valence-electron chi connectivity index (χ1n) is 7.34. The average molecular weight is 279 g/mol. The summed E-state index contributed by atoms with van der Waals surface area (Å²) in [5, 5.41) is 9.53. The molecule has 1 saturated heterocycles. The largest absolute Gasteiger partial charge is 0.396 e. The fourth-order valence-electron chi connectivity index (χ4n) is 2.95. The number of aliphatic hydroxyl groups is 1. The molecular weight excluding hydrogens is 254 g/mol. The molecule has 2 unspecified atom stereocenters. The van der Waals surface area contributed by atoms with Crippen LogP contribution in [0.25, 0.3) is 0 Å². The highest BCUT2D eigenvalue weighted by atomic mass is 32.2. The zero-order valence-electron chi connectivity index (χ0n) is 12.0. The van der Waals surface area contributed by atoms with E-state index in [0.717, 1.165) is 5.75 Å². The van der Waals surface area contributed by atoms with Gasteiger partial charge >= 0.3 is 0 Å². The van der Waals surface area contributed by atoms with E-state index in [0.29, 0.717) is 12.0 Å². The van der Waals surface area contributed by atoms with Crippen molar-refractivity contribution in [2.45, 2.75) is 37.6 Å². The molecule has 1 N–H and O–H groups in total. The number of hydrogen-bond donors (Lipinski definition) is 1. The summed E-state index contributed by atoms with van der Waals surface area (Å²) in [7, 11) is 0. The maximum Gasteiger partial charge on any atom is 0.0474 e. The van der Waals surface area contributed by atoms with E-state index < -0.39 is 0 Å². The minimum absolute atomic E-state index is 0.257. The first-order chi connectivity index (χ1) is 9.26. The molecule has 0 radical (unpaired) electrons. The summed E-state index contributed by atoms with van der Waals surface area (Å²) in [6, 6.07) is 9.29. The van der Waals surface area contributed by atoms with Crippen molar-refractivity contribution in [3.05, 3.63) is 29.8 Å². The molecule has 0 bridgehead atoms. The van der Waals surface area contributed by atoms with Crippen LogP contribution in [0.3, 0.4) is 0 Å². The van der Waals surface area contributed by atoms with E-state index >= 15 is 0 Å². The smallest absolute Gasteiger partial charge is 0.0474 e. The number of benzene rings is 1. The topological polar surface area (TPSA) is 23.5 Å². The van der Waals surface area contributed by atoms with Gasteiger partial charge in [0, 0.05) is 17.5 Å². The van der Waals surface area contributed by atoms with Crippen LogP contribution in [-0.4, -0.2) is 35.5 Å². The third-order valence-corrected chi connectivity index (χ3v) is 4.79. The molecule has 2 nitrogen and oxygen atoms in total. The van der Waals surface area contributed by atoms with Crippen molar-refractivity contribution in [3.63, 3.8) is 0 Å². The van der Waals surface area contributed by atoms with Crippen molar-refractivity contribution in [1.82, 2.24) is 4.90 Å². The van der Waals surface area contributed by atoms with E-state index in [2.05, 4.69) is 43.0 Å².